The summed E-state index contributed by atoms with van der Waals surface area (Å²) in [4.78, 5) is 28.9. The van der Waals surface area contributed by atoms with E-state index in [1.807, 2.05) is 49.4 Å². The maximum atomic E-state index is 12.5. The minimum absolute atomic E-state index is 0.123. The number of hydrogen-bond donors (Lipinski definition) is 2. The van der Waals surface area contributed by atoms with Gasteiger partial charge in [-0.05, 0) is 42.3 Å². The first-order valence-electron chi connectivity index (χ1n) is 8.76. The van der Waals surface area contributed by atoms with Gasteiger partial charge in [0.1, 0.15) is 0 Å². The lowest BCUT2D eigenvalue weighted by atomic mass is 10.1. The van der Waals surface area contributed by atoms with Crippen molar-refractivity contribution in [3.8, 4) is 0 Å². The van der Waals surface area contributed by atoms with Crippen molar-refractivity contribution in [3.05, 3.63) is 101 Å². The van der Waals surface area contributed by atoms with Crippen LogP contribution in [0.25, 0.3) is 0 Å². The molecule has 0 spiro atoms. The molecule has 0 bridgehead atoms. The first-order chi connectivity index (χ1) is 13.1. The SMILES string of the molecule is CC(NC(=O)c1cccc(C(=O)NCc2cccnc2)c1)c1ccccc1. The van der Waals surface area contributed by atoms with Crippen LogP contribution in [0.15, 0.2) is 79.1 Å². The predicted octanol–water partition coefficient (Wildman–Crippen LogP) is 3.50. The summed E-state index contributed by atoms with van der Waals surface area (Å²) >= 11 is 0. The molecule has 2 amide bonds. The Kier molecular flexibility index (Phi) is 5.94. The third-order valence-corrected chi connectivity index (χ3v) is 4.21. The Hall–Kier alpha value is -3.47. The van der Waals surface area contributed by atoms with Gasteiger partial charge in [0.15, 0.2) is 0 Å². The highest BCUT2D eigenvalue weighted by molar-refractivity contribution is 5.99. The number of carbonyl (C=O) groups is 2. The summed E-state index contributed by atoms with van der Waals surface area (Å²) in [7, 11) is 0. The Morgan fingerprint density at radius 1 is 0.926 bits per heavy atom. The van der Waals surface area contributed by atoms with E-state index in [0.29, 0.717) is 17.7 Å². The Morgan fingerprint density at radius 3 is 2.37 bits per heavy atom. The highest BCUT2D eigenvalue weighted by Gasteiger charge is 2.13. The summed E-state index contributed by atoms with van der Waals surface area (Å²) in [6, 6.07) is 20.0. The molecule has 136 valence electrons. The van der Waals surface area contributed by atoms with Crippen molar-refractivity contribution in [3.63, 3.8) is 0 Å². The number of carbonyl (C=O) groups excluding carboxylic acids is 2. The lowest BCUT2D eigenvalue weighted by Gasteiger charge is -2.14. The van der Waals surface area contributed by atoms with Gasteiger partial charge in [-0.1, -0.05) is 42.5 Å². The molecular weight excluding hydrogens is 338 g/mol. The first-order valence-corrected chi connectivity index (χ1v) is 8.76. The lowest BCUT2D eigenvalue weighted by molar-refractivity contribution is 0.0940. The zero-order valence-electron chi connectivity index (χ0n) is 15.1. The van der Waals surface area contributed by atoms with Crippen molar-refractivity contribution in [2.24, 2.45) is 0 Å². The molecule has 5 heteroatoms. The van der Waals surface area contributed by atoms with Crippen molar-refractivity contribution < 1.29 is 9.59 Å². The highest BCUT2D eigenvalue weighted by atomic mass is 16.2. The van der Waals surface area contributed by atoms with E-state index in [0.717, 1.165) is 11.1 Å². The molecule has 0 aliphatic carbocycles. The molecule has 0 radical (unpaired) electrons. The molecule has 0 aliphatic heterocycles. The zero-order valence-corrected chi connectivity index (χ0v) is 15.1. The summed E-state index contributed by atoms with van der Waals surface area (Å²) in [5.74, 6) is -0.446. The fourth-order valence-corrected chi connectivity index (χ4v) is 2.69. The average molecular weight is 359 g/mol. The van der Waals surface area contributed by atoms with Crippen LogP contribution in [0, 0.1) is 0 Å². The quantitative estimate of drug-likeness (QED) is 0.708. The van der Waals surface area contributed by atoms with Crippen molar-refractivity contribution >= 4 is 11.8 Å². The van der Waals surface area contributed by atoms with E-state index in [4.69, 9.17) is 0 Å². The Balaban J connectivity index is 1.64. The lowest BCUT2D eigenvalue weighted by Crippen LogP contribution is -2.27. The van der Waals surface area contributed by atoms with Crippen LogP contribution in [-0.2, 0) is 6.54 Å². The van der Waals surface area contributed by atoms with E-state index >= 15 is 0 Å². The van der Waals surface area contributed by atoms with E-state index in [9.17, 15) is 9.59 Å². The molecule has 2 N–H and O–H groups in total. The van der Waals surface area contributed by atoms with E-state index < -0.39 is 0 Å². The third-order valence-electron chi connectivity index (χ3n) is 4.21. The maximum absolute atomic E-state index is 12.5. The monoisotopic (exact) mass is 359 g/mol. The predicted molar refractivity (Wildman–Crippen MR) is 104 cm³/mol. The van der Waals surface area contributed by atoms with Gasteiger partial charge >= 0.3 is 0 Å². The normalized spacial score (nSPS) is 11.4. The number of nitrogens with zero attached hydrogens (tertiary/aromatic N) is 1. The summed E-state index contributed by atoms with van der Waals surface area (Å²) < 4.78 is 0. The number of benzene rings is 2. The van der Waals surface area contributed by atoms with Crippen LogP contribution in [0.4, 0.5) is 0 Å². The molecule has 27 heavy (non-hydrogen) atoms. The van der Waals surface area contributed by atoms with Crippen LogP contribution in [0.1, 0.15) is 44.8 Å². The Labute approximate surface area is 158 Å². The number of pyridine rings is 1. The summed E-state index contributed by atoms with van der Waals surface area (Å²) in [5.41, 5.74) is 2.83. The Bertz CT molecular complexity index is 911. The molecule has 3 aromatic rings. The third kappa shape index (κ3) is 5.01. The van der Waals surface area contributed by atoms with Crippen molar-refractivity contribution in [1.82, 2.24) is 15.6 Å². The fraction of sp³-hybridized carbons (Fsp3) is 0.136. The molecule has 0 saturated carbocycles. The van der Waals surface area contributed by atoms with E-state index in [-0.39, 0.29) is 17.9 Å². The molecule has 1 unspecified atom stereocenters. The van der Waals surface area contributed by atoms with Crippen LogP contribution in [0.3, 0.4) is 0 Å². The van der Waals surface area contributed by atoms with E-state index in [1.165, 1.54) is 0 Å². The van der Waals surface area contributed by atoms with Crippen LogP contribution >= 0.6 is 0 Å². The molecule has 2 aromatic carbocycles. The molecule has 3 rings (SSSR count). The second-order valence-electron chi connectivity index (χ2n) is 6.23. The average Bonchev–Trinajstić information content (AvgIpc) is 2.73. The van der Waals surface area contributed by atoms with Gasteiger partial charge in [-0.15, -0.1) is 0 Å². The zero-order chi connectivity index (χ0) is 19.1. The summed E-state index contributed by atoms with van der Waals surface area (Å²) in [6.07, 6.45) is 3.39. The van der Waals surface area contributed by atoms with Gasteiger partial charge in [0, 0.05) is 30.1 Å². The van der Waals surface area contributed by atoms with E-state index in [2.05, 4.69) is 15.6 Å². The fourth-order valence-electron chi connectivity index (χ4n) is 2.69. The van der Waals surface area contributed by atoms with Crippen molar-refractivity contribution in [1.29, 1.82) is 0 Å². The number of hydrogen-bond acceptors (Lipinski definition) is 3. The minimum Gasteiger partial charge on any atom is -0.348 e. The summed E-state index contributed by atoms with van der Waals surface area (Å²) in [6.45, 7) is 2.31. The van der Waals surface area contributed by atoms with Gasteiger partial charge in [0.2, 0.25) is 0 Å². The van der Waals surface area contributed by atoms with Gasteiger partial charge in [0.25, 0.3) is 11.8 Å². The van der Waals surface area contributed by atoms with Crippen molar-refractivity contribution in [2.45, 2.75) is 19.5 Å². The smallest absolute Gasteiger partial charge is 0.251 e. The highest BCUT2D eigenvalue weighted by Crippen LogP contribution is 2.13. The van der Waals surface area contributed by atoms with Gasteiger partial charge in [0.05, 0.1) is 6.04 Å². The van der Waals surface area contributed by atoms with Gasteiger partial charge in [-0.2, -0.15) is 0 Å². The number of amides is 2. The minimum atomic E-state index is -0.232. The van der Waals surface area contributed by atoms with Crippen LogP contribution in [0.5, 0.6) is 0 Å². The molecule has 0 aliphatic rings. The molecular formula is C22H21N3O2. The van der Waals surface area contributed by atoms with Crippen LogP contribution in [0.2, 0.25) is 0 Å². The topological polar surface area (TPSA) is 71.1 Å². The Morgan fingerprint density at radius 2 is 1.67 bits per heavy atom. The second-order valence-corrected chi connectivity index (χ2v) is 6.23. The van der Waals surface area contributed by atoms with Crippen LogP contribution in [-0.4, -0.2) is 16.8 Å². The molecule has 0 saturated heterocycles. The maximum Gasteiger partial charge on any atom is 0.251 e. The molecule has 1 heterocycles. The number of aromatic nitrogens is 1. The standard InChI is InChI=1S/C22H21N3O2/c1-16(18-8-3-2-4-9-18)25-22(27)20-11-5-10-19(13-20)21(26)24-15-17-7-6-12-23-14-17/h2-14,16H,15H2,1H3,(H,24,26)(H,25,27). The van der Waals surface area contributed by atoms with Crippen molar-refractivity contribution in [2.75, 3.05) is 0 Å². The molecule has 1 atom stereocenters. The molecule has 5 nitrogen and oxygen atoms in total. The number of rotatable bonds is 6. The number of nitrogens with one attached hydrogen (secondary N) is 2. The first kappa shape index (κ1) is 18.3. The van der Waals surface area contributed by atoms with Crippen LogP contribution < -0.4 is 10.6 Å². The van der Waals surface area contributed by atoms with Gasteiger partial charge in [-0.25, -0.2) is 0 Å². The van der Waals surface area contributed by atoms with Gasteiger partial charge in [-0.3, -0.25) is 14.6 Å². The summed E-state index contributed by atoms with van der Waals surface area (Å²) in [5, 5.41) is 5.79. The molecule has 0 fully saturated rings. The van der Waals surface area contributed by atoms with E-state index in [1.54, 1.807) is 36.7 Å². The van der Waals surface area contributed by atoms with Gasteiger partial charge < -0.3 is 10.6 Å². The second kappa shape index (κ2) is 8.76. The molecule has 1 aromatic heterocycles. The largest absolute Gasteiger partial charge is 0.348 e.